The standard InChI is InChI=1S/C10H12N2O2S/c1-3-8-6(2)15-10-11-7(4-9(13)14)5-12(8)10/h5H,3-4H2,1-2H3,(H,13,14). The predicted octanol–water partition coefficient (Wildman–Crippen LogP) is 1.89. The van der Waals surface area contributed by atoms with Gasteiger partial charge in [-0.1, -0.05) is 6.92 Å². The quantitative estimate of drug-likeness (QED) is 0.866. The van der Waals surface area contributed by atoms with Crippen LogP contribution in [0.25, 0.3) is 4.96 Å². The van der Waals surface area contributed by atoms with E-state index in [-0.39, 0.29) is 6.42 Å². The van der Waals surface area contributed by atoms with Crippen molar-refractivity contribution in [2.75, 3.05) is 0 Å². The van der Waals surface area contributed by atoms with Gasteiger partial charge in [-0.25, -0.2) is 4.98 Å². The summed E-state index contributed by atoms with van der Waals surface area (Å²) >= 11 is 1.61. The molecule has 80 valence electrons. The molecule has 0 spiro atoms. The molecule has 0 saturated heterocycles. The van der Waals surface area contributed by atoms with Gasteiger partial charge in [-0.2, -0.15) is 0 Å². The molecular weight excluding hydrogens is 212 g/mol. The Bertz CT molecular complexity index is 513. The van der Waals surface area contributed by atoms with Gasteiger partial charge in [0.1, 0.15) is 0 Å². The molecular formula is C10H12N2O2S. The Morgan fingerprint density at radius 3 is 3.00 bits per heavy atom. The number of carboxylic acids is 1. The summed E-state index contributed by atoms with van der Waals surface area (Å²) in [5, 5.41) is 8.66. The van der Waals surface area contributed by atoms with Gasteiger partial charge in [0, 0.05) is 16.8 Å². The molecule has 0 unspecified atom stereocenters. The fourth-order valence-corrected chi connectivity index (χ4v) is 2.76. The van der Waals surface area contributed by atoms with Crippen LogP contribution in [0.15, 0.2) is 6.20 Å². The molecule has 1 N–H and O–H groups in total. The van der Waals surface area contributed by atoms with Crippen molar-refractivity contribution in [1.29, 1.82) is 0 Å². The summed E-state index contributed by atoms with van der Waals surface area (Å²) in [5.74, 6) is -0.837. The molecule has 2 aromatic heterocycles. The molecule has 2 rings (SSSR count). The maximum atomic E-state index is 10.5. The average Bonchev–Trinajstić information content (AvgIpc) is 2.59. The molecule has 0 aliphatic rings. The highest BCUT2D eigenvalue weighted by molar-refractivity contribution is 7.17. The van der Waals surface area contributed by atoms with Crippen molar-refractivity contribution < 1.29 is 9.90 Å². The highest BCUT2D eigenvalue weighted by Crippen LogP contribution is 2.23. The van der Waals surface area contributed by atoms with E-state index >= 15 is 0 Å². The number of carboxylic acid groups (broad SMARTS) is 1. The fourth-order valence-electron chi connectivity index (χ4n) is 1.70. The van der Waals surface area contributed by atoms with Gasteiger partial charge in [-0.05, 0) is 13.3 Å². The van der Waals surface area contributed by atoms with Gasteiger partial charge in [0.25, 0.3) is 0 Å². The van der Waals surface area contributed by atoms with Gasteiger partial charge in [0.05, 0.1) is 12.1 Å². The number of rotatable bonds is 3. The van der Waals surface area contributed by atoms with Crippen LogP contribution in [0.5, 0.6) is 0 Å². The maximum absolute atomic E-state index is 10.5. The van der Waals surface area contributed by atoms with Crippen LogP contribution < -0.4 is 0 Å². The smallest absolute Gasteiger partial charge is 0.309 e. The lowest BCUT2D eigenvalue weighted by Gasteiger charge is -1.94. The minimum atomic E-state index is -0.837. The van der Waals surface area contributed by atoms with E-state index in [0.717, 1.165) is 11.4 Å². The second kappa shape index (κ2) is 3.66. The third-order valence-electron chi connectivity index (χ3n) is 2.33. The average molecular weight is 224 g/mol. The molecule has 2 heterocycles. The first-order chi connectivity index (χ1) is 7.11. The minimum Gasteiger partial charge on any atom is -0.481 e. The van der Waals surface area contributed by atoms with E-state index in [4.69, 9.17) is 5.11 Å². The Morgan fingerprint density at radius 1 is 1.67 bits per heavy atom. The van der Waals surface area contributed by atoms with Crippen molar-refractivity contribution in [3.63, 3.8) is 0 Å². The second-order valence-electron chi connectivity index (χ2n) is 3.41. The lowest BCUT2D eigenvalue weighted by Crippen LogP contribution is -2.00. The third-order valence-corrected chi connectivity index (χ3v) is 3.34. The number of thiazole rings is 1. The summed E-state index contributed by atoms with van der Waals surface area (Å²) in [4.78, 5) is 17.0. The van der Waals surface area contributed by atoms with Gasteiger partial charge in [-0.3, -0.25) is 9.20 Å². The number of hydrogen-bond donors (Lipinski definition) is 1. The number of fused-ring (bicyclic) bond motifs is 1. The Labute approximate surface area is 91.2 Å². The number of nitrogens with zero attached hydrogens (tertiary/aromatic N) is 2. The van der Waals surface area contributed by atoms with Crippen LogP contribution in [0, 0.1) is 6.92 Å². The largest absolute Gasteiger partial charge is 0.481 e. The summed E-state index contributed by atoms with van der Waals surface area (Å²) < 4.78 is 2.00. The van der Waals surface area contributed by atoms with Crippen molar-refractivity contribution in [2.45, 2.75) is 26.7 Å². The van der Waals surface area contributed by atoms with E-state index in [1.165, 1.54) is 10.6 Å². The van der Waals surface area contributed by atoms with Crippen molar-refractivity contribution in [1.82, 2.24) is 9.38 Å². The molecule has 0 radical (unpaired) electrons. The zero-order chi connectivity index (χ0) is 11.0. The molecule has 0 amide bonds. The second-order valence-corrected chi connectivity index (χ2v) is 4.60. The fraction of sp³-hybridized carbons (Fsp3) is 0.400. The topological polar surface area (TPSA) is 54.6 Å². The van der Waals surface area contributed by atoms with E-state index in [0.29, 0.717) is 5.69 Å². The molecule has 4 nitrogen and oxygen atoms in total. The number of aliphatic carboxylic acids is 1. The van der Waals surface area contributed by atoms with E-state index in [1.54, 1.807) is 11.3 Å². The maximum Gasteiger partial charge on any atom is 0.309 e. The van der Waals surface area contributed by atoms with Gasteiger partial charge in [0.2, 0.25) is 0 Å². The van der Waals surface area contributed by atoms with Crippen LogP contribution in [0.4, 0.5) is 0 Å². The van der Waals surface area contributed by atoms with Gasteiger partial charge < -0.3 is 5.11 Å². The minimum absolute atomic E-state index is 0.00337. The van der Waals surface area contributed by atoms with Crippen LogP contribution in [0.2, 0.25) is 0 Å². The van der Waals surface area contributed by atoms with Crippen molar-refractivity contribution >= 4 is 22.3 Å². The van der Waals surface area contributed by atoms with E-state index in [1.807, 2.05) is 10.6 Å². The number of carbonyl (C=O) groups is 1. The third kappa shape index (κ3) is 1.74. The molecule has 15 heavy (non-hydrogen) atoms. The molecule has 0 aliphatic carbocycles. The summed E-state index contributed by atoms with van der Waals surface area (Å²) in [6.45, 7) is 4.15. The lowest BCUT2D eigenvalue weighted by atomic mass is 10.3. The van der Waals surface area contributed by atoms with Crippen LogP contribution >= 0.6 is 11.3 Å². The SMILES string of the molecule is CCc1c(C)sc2nc(CC(=O)O)cn12. The molecule has 0 atom stereocenters. The summed E-state index contributed by atoms with van der Waals surface area (Å²) in [5.41, 5.74) is 1.85. The van der Waals surface area contributed by atoms with Crippen LogP contribution in [-0.4, -0.2) is 20.5 Å². The molecule has 0 aromatic carbocycles. The molecule has 0 fully saturated rings. The number of aromatic nitrogens is 2. The number of aryl methyl sites for hydroxylation is 2. The summed E-state index contributed by atoms with van der Waals surface area (Å²) in [6.07, 6.45) is 2.76. The van der Waals surface area contributed by atoms with E-state index < -0.39 is 5.97 Å². The molecule has 5 heteroatoms. The Balaban J connectivity index is 2.48. The first-order valence-electron chi connectivity index (χ1n) is 4.80. The summed E-state index contributed by atoms with van der Waals surface area (Å²) in [7, 11) is 0. The zero-order valence-corrected chi connectivity index (χ0v) is 9.47. The molecule has 0 saturated carbocycles. The molecule has 0 aliphatic heterocycles. The normalized spacial score (nSPS) is 11.1. The van der Waals surface area contributed by atoms with Gasteiger partial charge >= 0.3 is 5.97 Å². The Morgan fingerprint density at radius 2 is 2.40 bits per heavy atom. The highest BCUT2D eigenvalue weighted by Gasteiger charge is 2.12. The lowest BCUT2D eigenvalue weighted by molar-refractivity contribution is -0.136. The molecule has 2 aromatic rings. The van der Waals surface area contributed by atoms with Crippen LogP contribution in [0.3, 0.4) is 0 Å². The number of hydrogen-bond acceptors (Lipinski definition) is 3. The zero-order valence-electron chi connectivity index (χ0n) is 8.65. The first kappa shape index (κ1) is 10.2. The van der Waals surface area contributed by atoms with Gasteiger partial charge in [0.15, 0.2) is 4.96 Å². The first-order valence-corrected chi connectivity index (χ1v) is 5.61. The predicted molar refractivity (Wildman–Crippen MR) is 58.5 cm³/mol. The summed E-state index contributed by atoms with van der Waals surface area (Å²) in [6, 6.07) is 0. The van der Waals surface area contributed by atoms with Crippen molar-refractivity contribution in [3.05, 3.63) is 22.5 Å². The van der Waals surface area contributed by atoms with Crippen molar-refractivity contribution in [3.8, 4) is 0 Å². The van der Waals surface area contributed by atoms with Crippen LogP contribution in [0.1, 0.15) is 23.2 Å². The Hall–Kier alpha value is -1.36. The van der Waals surface area contributed by atoms with E-state index in [9.17, 15) is 4.79 Å². The van der Waals surface area contributed by atoms with Gasteiger partial charge in [-0.15, -0.1) is 11.3 Å². The number of imidazole rings is 1. The van der Waals surface area contributed by atoms with E-state index in [2.05, 4.69) is 18.8 Å². The van der Waals surface area contributed by atoms with Crippen molar-refractivity contribution in [2.24, 2.45) is 0 Å². The highest BCUT2D eigenvalue weighted by atomic mass is 32.1. The Kier molecular flexibility index (Phi) is 2.48. The monoisotopic (exact) mass is 224 g/mol. The molecule has 0 bridgehead atoms. The van der Waals surface area contributed by atoms with Crippen LogP contribution in [-0.2, 0) is 17.6 Å².